The van der Waals surface area contributed by atoms with Crippen LogP contribution in [0.4, 0.5) is 5.69 Å². The molecule has 4 rings (SSSR count). The Kier molecular flexibility index (Phi) is 5.30. The average molecular weight is 380 g/mol. The van der Waals surface area contributed by atoms with Gasteiger partial charge < -0.3 is 19.3 Å². The van der Waals surface area contributed by atoms with Gasteiger partial charge in [-0.05, 0) is 36.8 Å². The summed E-state index contributed by atoms with van der Waals surface area (Å²) in [7, 11) is 1.59. The standard InChI is InChI=1S/C22H24N2O4/c1-27-19-9-5-6-16(12-19)22(26)23-11-10-20-17(13-23)14-24(21(25)15-28-20)18-7-3-2-4-8-18/h2-9,12,17,20H,10-11,13-15H2,1H3/t17-,20+/m1/s1. The third-order valence-corrected chi connectivity index (χ3v) is 5.48. The number of fused-ring (bicyclic) bond motifs is 1. The van der Waals surface area contributed by atoms with E-state index in [9.17, 15) is 9.59 Å². The van der Waals surface area contributed by atoms with Crippen LogP contribution in [0.2, 0.25) is 0 Å². The highest BCUT2D eigenvalue weighted by atomic mass is 16.5. The van der Waals surface area contributed by atoms with Gasteiger partial charge >= 0.3 is 0 Å². The number of hydrogen-bond acceptors (Lipinski definition) is 4. The number of hydrogen-bond donors (Lipinski definition) is 0. The lowest BCUT2D eigenvalue weighted by Gasteiger charge is -2.38. The fraction of sp³-hybridized carbons (Fsp3) is 0.364. The minimum absolute atomic E-state index is 0.00739. The van der Waals surface area contributed by atoms with E-state index < -0.39 is 0 Å². The van der Waals surface area contributed by atoms with Crippen molar-refractivity contribution in [1.29, 1.82) is 0 Å². The van der Waals surface area contributed by atoms with Crippen LogP contribution >= 0.6 is 0 Å². The third kappa shape index (κ3) is 3.73. The summed E-state index contributed by atoms with van der Waals surface area (Å²) in [5.41, 5.74) is 1.48. The summed E-state index contributed by atoms with van der Waals surface area (Å²) in [6, 6.07) is 16.9. The smallest absolute Gasteiger partial charge is 0.254 e. The van der Waals surface area contributed by atoms with Crippen molar-refractivity contribution in [2.24, 2.45) is 5.92 Å². The van der Waals surface area contributed by atoms with Crippen molar-refractivity contribution < 1.29 is 19.1 Å². The van der Waals surface area contributed by atoms with Crippen LogP contribution in [0.25, 0.3) is 0 Å². The Morgan fingerprint density at radius 2 is 1.93 bits per heavy atom. The van der Waals surface area contributed by atoms with Crippen LogP contribution in [0.3, 0.4) is 0 Å². The fourth-order valence-corrected chi connectivity index (χ4v) is 3.98. The Hall–Kier alpha value is -2.86. The number of likely N-dealkylation sites (tertiary alicyclic amines) is 1. The van der Waals surface area contributed by atoms with Gasteiger partial charge in [0.05, 0.1) is 13.2 Å². The van der Waals surface area contributed by atoms with Gasteiger partial charge in [0, 0.05) is 36.8 Å². The van der Waals surface area contributed by atoms with Crippen LogP contribution in [-0.4, -0.2) is 56.2 Å². The minimum Gasteiger partial charge on any atom is -0.497 e. The van der Waals surface area contributed by atoms with Crippen molar-refractivity contribution in [3.63, 3.8) is 0 Å². The molecule has 6 heteroatoms. The number of anilines is 1. The van der Waals surface area contributed by atoms with E-state index >= 15 is 0 Å². The Morgan fingerprint density at radius 3 is 2.71 bits per heavy atom. The Labute approximate surface area is 164 Å². The van der Waals surface area contributed by atoms with Crippen molar-refractivity contribution in [3.8, 4) is 5.75 Å². The van der Waals surface area contributed by atoms with Gasteiger partial charge in [-0.15, -0.1) is 0 Å². The predicted molar refractivity (Wildman–Crippen MR) is 106 cm³/mol. The molecule has 0 N–H and O–H groups in total. The van der Waals surface area contributed by atoms with Crippen molar-refractivity contribution in [2.45, 2.75) is 12.5 Å². The summed E-state index contributed by atoms with van der Waals surface area (Å²) >= 11 is 0. The molecular formula is C22H24N2O4. The van der Waals surface area contributed by atoms with Gasteiger partial charge in [0.1, 0.15) is 12.4 Å². The molecule has 0 spiro atoms. The van der Waals surface area contributed by atoms with Crippen LogP contribution < -0.4 is 9.64 Å². The topological polar surface area (TPSA) is 59.1 Å². The number of benzene rings is 2. The van der Waals surface area contributed by atoms with Gasteiger partial charge in [0.2, 0.25) is 0 Å². The van der Waals surface area contributed by atoms with Gasteiger partial charge in [-0.1, -0.05) is 24.3 Å². The van der Waals surface area contributed by atoms with Crippen molar-refractivity contribution in [2.75, 3.05) is 38.3 Å². The summed E-state index contributed by atoms with van der Waals surface area (Å²) < 4.78 is 11.1. The second-order valence-corrected chi connectivity index (χ2v) is 7.22. The van der Waals surface area contributed by atoms with E-state index in [1.54, 1.807) is 24.1 Å². The maximum Gasteiger partial charge on any atom is 0.254 e. The SMILES string of the molecule is COc1cccc(C(=O)N2CC[C@@H]3OCC(=O)N(c4ccccc4)C[C@H]3C2)c1. The van der Waals surface area contributed by atoms with E-state index in [0.29, 0.717) is 30.9 Å². The summed E-state index contributed by atoms with van der Waals surface area (Å²) in [6.45, 7) is 1.82. The first kappa shape index (κ1) is 18.5. The molecule has 2 saturated heterocycles. The second kappa shape index (κ2) is 8.02. The van der Waals surface area contributed by atoms with E-state index in [4.69, 9.17) is 9.47 Å². The highest BCUT2D eigenvalue weighted by Gasteiger charge is 2.37. The lowest BCUT2D eigenvalue weighted by Crippen LogP contribution is -2.49. The van der Waals surface area contributed by atoms with Crippen LogP contribution in [0.15, 0.2) is 54.6 Å². The zero-order valence-corrected chi connectivity index (χ0v) is 15.9. The molecular weight excluding hydrogens is 356 g/mol. The van der Waals surface area contributed by atoms with Crippen LogP contribution in [0, 0.1) is 5.92 Å². The normalized spacial score (nSPS) is 22.4. The molecule has 0 aromatic heterocycles. The van der Waals surface area contributed by atoms with Crippen LogP contribution in [0.1, 0.15) is 16.8 Å². The minimum atomic E-state index is -0.0359. The molecule has 0 aliphatic carbocycles. The summed E-state index contributed by atoms with van der Waals surface area (Å²) in [4.78, 5) is 29.2. The molecule has 2 fully saturated rings. The molecule has 2 atom stereocenters. The summed E-state index contributed by atoms with van der Waals surface area (Å²) in [5, 5.41) is 0. The number of nitrogens with zero attached hydrogens (tertiary/aromatic N) is 2. The molecule has 2 aliphatic rings. The zero-order valence-electron chi connectivity index (χ0n) is 15.9. The van der Waals surface area contributed by atoms with Crippen LogP contribution in [0.5, 0.6) is 5.75 Å². The molecule has 2 aromatic carbocycles. The van der Waals surface area contributed by atoms with Crippen molar-refractivity contribution in [1.82, 2.24) is 4.90 Å². The molecule has 0 radical (unpaired) electrons. The van der Waals surface area contributed by atoms with E-state index in [2.05, 4.69) is 0 Å². The maximum absolute atomic E-state index is 13.0. The first-order valence-corrected chi connectivity index (χ1v) is 9.56. The van der Waals surface area contributed by atoms with Crippen LogP contribution in [-0.2, 0) is 9.53 Å². The number of amides is 2. The quantitative estimate of drug-likeness (QED) is 0.821. The molecule has 2 heterocycles. The molecule has 0 unspecified atom stereocenters. The zero-order chi connectivity index (χ0) is 19.5. The molecule has 2 aliphatic heterocycles. The molecule has 0 saturated carbocycles. The molecule has 2 amide bonds. The van der Waals surface area contributed by atoms with Gasteiger partial charge in [0.15, 0.2) is 0 Å². The number of rotatable bonds is 3. The number of ether oxygens (including phenoxy) is 2. The average Bonchev–Trinajstić information content (AvgIpc) is 2.92. The third-order valence-electron chi connectivity index (χ3n) is 5.48. The Bertz CT molecular complexity index is 855. The number of piperidine rings is 1. The summed E-state index contributed by atoms with van der Waals surface area (Å²) in [5.74, 6) is 0.694. The molecule has 0 bridgehead atoms. The van der Waals surface area contributed by atoms with Gasteiger partial charge in [-0.25, -0.2) is 0 Å². The molecule has 28 heavy (non-hydrogen) atoms. The lowest BCUT2D eigenvalue weighted by atomic mass is 9.93. The second-order valence-electron chi connectivity index (χ2n) is 7.22. The first-order chi connectivity index (χ1) is 13.7. The van der Waals surface area contributed by atoms with E-state index in [1.165, 1.54) is 0 Å². The lowest BCUT2D eigenvalue weighted by molar-refractivity contribution is -0.124. The largest absolute Gasteiger partial charge is 0.497 e. The van der Waals surface area contributed by atoms with Crippen molar-refractivity contribution in [3.05, 3.63) is 60.2 Å². The first-order valence-electron chi connectivity index (χ1n) is 9.56. The van der Waals surface area contributed by atoms with E-state index in [1.807, 2.05) is 47.4 Å². The van der Waals surface area contributed by atoms with Crippen molar-refractivity contribution >= 4 is 17.5 Å². The number of methoxy groups -OCH3 is 1. The van der Waals surface area contributed by atoms with Gasteiger partial charge in [-0.3, -0.25) is 9.59 Å². The summed E-state index contributed by atoms with van der Waals surface area (Å²) in [6.07, 6.45) is 0.725. The van der Waals surface area contributed by atoms with Gasteiger partial charge in [0.25, 0.3) is 11.8 Å². The number of carbonyl (C=O) groups excluding carboxylic acids is 2. The Morgan fingerprint density at radius 1 is 1.11 bits per heavy atom. The molecule has 146 valence electrons. The predicted octanol–water partition coefficient (Wildman–Crippen LogP) is 2.59. The highest BCUT2D eigenvalue weighted by molar-refractivity contribution is 5.95. The number of carbonyl (C=O) groups is 2. The molecule has 2 aromatic rings. The van der Waals surface area contributed by atoms with E-state index in [0.717, 1.165) is 12.1 Å². The maximum atomic E-state index is 13.0. The molecule has 6 nitrogen and oxygen atoms in total. The highest BCUT2D eigenvalue weighted by Crippen LogP contribution is 2.28. The Balaban J connectivity index is 1.52. The van der Waals surface area contributed by atoms with Gasteiger partial charge in [-0.2, -0.15) is 0 Å². The fourth-order valence-electron chi connectivity index (χ4n) is 3.98. The van der Waals surface area contributed by atoms with E-state index in [-0.39, 0.29) is 30.4 Å². The monoisotopic (exact) mass is 380 g/mol. The number of para-hydroxylation sites is 1.